The van der Waals surface area contributed by atoms with Crippen molar-refractivity contribution in [1.29, 1.82) is 0 Å². The fourth-order valence-electron chi connectivity index (χ4n) is 2.83. The van der Waals surface area contributed by atoms with Crippen LogP contribution in [0.15, 0.2) is 18.3 Å². The zero-order valence-corrected chi connectivity index (χ0v) is 12.2. The molecule has 2 N–H and O–H groups in total. The minimum atomic E-state index is -0.00749. The summed E-state index contributed by atoms with van der Waals surface area (Å²) in [6.45, 7) is 3.10. The van der Waals surface area contributed by atoms with Gasteiger partial charge >= 0.3 is 0 Å². The van der Waals surface area contributed by atoms with Gasteiger partial charge in [-0.05, 0) is 50.9 Å². The lowest BCUT2D eigenvalue weighted by Gasteiger charge is -2.22. The predicted octanol–water partition coefficient (Wildman–Crippen LogP) is 0.992. The van der Waals surface area contributed by atoms with E-state index in [0.29, 0.717) is 18.3 Å². The molecule has 0 saturated carbocycles. The maximum absolute atomic E-state index is 11.9. The maximum Gasteiger partial charge on any atom is 0.267 e. The Morgan fingerprint density at radius 1 is 1.50 bits per heavy atom. The quantitative estimate of drug-likeness (QED) is 0.732. The van der Waals surface area contributed by atoms with Crippen LogP contribution in [0.1, 0.15) is 36.2 Å². The summed E-state index contributed by atoms with van der Waals surface area (Å²) in [4.78, 5) is 14.2. The molecule has 1 atom stereocenters. The van der Waals surface area contributed by atoms with E-state index in [4.69, 9.17) is 0 Å². The van der Waals surface area contributed by atoms with Crippen LogP contribution in [-0.2, 0) is 7.05 Å². The Hall–Kier alpha value is -1.33. The fourth-order valence-corrected chi connectivity index (χ4v) is 2.83. The molecule has 1 aliphatic heterocycles. The van der Waals surface area contributed by atoms with E-state index in [9.17, 15) is 9.90 Å². The van der Waals surface area contributed by atoms with Crippen LogP contribution < -0.4 is 5.32 Å². The average molecular weight is 279 g/mol. The average Bonchev–Trinajstić information content (AvgIpc) is 3.06. The molecule has 1 aliphatic rings. The van der Waals surface area contributed by atoms with Crippen LogP contribution in [0.25, 0.3) is 0 Å². The highest BCUT2D eigenvalue weighted by Gasteiger charge is 2.22. The lowest BCUT2D eigenvalue weighted by molar-refractivity contribution is 0.0944. The van der Waals surface area contributed by atoms with E-state index < -0.39 is 0 Å². The third-order valence-corrected chi connectivity index (χ3v) is 4.04. The molecule has 1 unspecified atom stereocenters. The normalized spacial score (nSPS) is 19.4. The SMILES string of the molecule is Cn1cccc1C(=O)NCCCCN1CCCC1CO. The van der Waals surface area contributed by atoms with Crippen molar-refractivity contribution in [2.75, 3.05) is 26.2 Å². The molecule has 0 aliphatic carbocycles. The number of nitrogens with zero attached hydrogens (tertiary/aromatic N) is 2. The van der Waals surface area contributed by atoms with Gasteiger partial charge in [0.1, 0.15) is 5.69 Å². The van der Waals surface area contributed by atoms with E-state index >= 15 is 0 Å². The largest absolute Gasteiger partial charge is 0.395 e. The summed E-state index contributed by atoms with van der Waals surface area (Å²) in [6, 6.07) is 4.05. The van der Waals surface area contributed by atoms with Crippen molar-refractivity contribution in [1.82, 2.24) is 14.8 Å². The Kier molecular flexibility index (Phi) is 5.61. The molecule has 0 aromatic carbocycles. The van der Waals surface area contributed by atoms with Crippen molar-refractivity contribution in [3.8, 4) is 0 Å². The molecule has 112 valence electrons. The van der Waals surface area contributed by atoms with Crippen LogP contribution in [-0.4, -0.2) is 52.8 Å². The minimum Gasteiger partial charge on any atom is -0.395 e. The summed E-state index contributed by atoms with van der Waals surface area (Å²) in [5.41, 5.74) is 0.699. The standard InChI is InChI=1S/C15H25N3O2/c1-17-9-5-7-14(17)15(20)16-8-2-3-10-18-11-4-6-13(18)12-19/h5,7,9,13,19H,2-4,6,8,10-12H2,1H3,(H,16,20). The fraction of sp³-hybridized carbons (Fsp3) is 0.667. The molecule has 2 rings (SSSR count). The number of aliphatic hydroxyl groups excluding tert-OH is 1. The third-order valence-electron chi connectivity index (χ3n) is 4.04. The van der Waals surface area contributed by atoms with Crippen LogP contribution in [0.3, 0.4) is 0 Å². The molecule has 20 heavy (non-hydrogen) atoms. The van der Waals surface area contributed by atoms with Crippen LogP contribution in [0, 0.1) is 0 Å². The molecular weight excluding hydrogens is 254 g/mol. The van der Waals surface area contributed by atoms with Crippen LogP contribution in [0.5, 0.6) is 0 Å². The number of aliphatic hydroxyl groups is 1. The second kappa shape index (κ2) is 7.45. The summed E-state index contributed by atoms with van der Waals surface area (Å²) in [5.74, 6) is -0.00749. The third kappa shape index (κ3) is 3.84. The zero-order chi connectivity index (χ0) is 14.4. The molecule has 1 amide bonds. The Labute approximate surface area is 120 Å². The first-order valence-corrected chi connectivity index (χ1v) is 7.47. The van der Waals surface area contributed by atoms with E-state index in [1.54, 1.807) is 0 Å². The molecule has 0 bridgehead atoms. The number of aryl methyl sites for hydroxylation is 1. The molecule has 1 aromatic heterocycles. The molecule has 5 heteroatoms. The van der Waals surface area contributed by atoms with Crippen LogP contribution in [0.2, 0.25) is 0 Å². The summed E-state index contributed by atoms with van der Waals surface area (Å²) in [5, 5.41) is 12.2. The Balaban J connectivity index is 1.60. The van der Waals surface area contributed by atoms with E-state index in [1.165, 1.54) is 6.42 Å². The number of hydrogen-bond acceptors (Lipinski definition) is 3. The highest BCUT2D eigenvalue weighted by atomic mass is 16.3. The molecule has 1 fully saturated rings. The predicted molar refractivity (Wildman–Crippen MR) is 78.7 cm³/mol. The van der Waals surface area contributed by atoms with Gasteiger partial charge in [-0.2, -0.15) is 0 Å². The number of carbonyl (C=O) groups excluding carboxylic acids is 1. The van der Waals surface area contributed by atoms with Crippen LogP contribution >= 0.6 is 0 Å². The number of rotatable bonds is 7. The monoisotopic (exact) mass is 279 g/mol. The smallest absolute Gasteiger partial charge is 0.267 e. The number of hydrogen-bond donors (Lipinski definition) is 2. The van der Waals surface area contributed by atoms with Gasteiger partial charge in [0.15, 0.2) is 0 Å². The number of carbonyl (C=O) groups is 1. The number of amides is 1. The van der Waals surface area contributed by atoms with Gasteiger partial charge in [-0.15, -0.1) is 0 Å². The lowest BCUT2D eigenvalue weighted by atomic mass is 10.2. The van der Waals surface area contributed by atoms with E-state index in [0.717, 1.165) is 32.4 Å². The second-order valence-corrected chi connectivity index (χ2v) is 5.48. The maximum atomic E-state index is 11.9. The number of aromatic nitrogens is 1. The van der Waals surface area contributed by atoms with Gasteiger partial charge < -0.3 is 15.0 Å². The van der Waals surface area contributed by atoms with Crippen molar-refractivity contribution in [2.45, 2.75) is 31.7 Å². The molecule has 2 heterocycles. The van der Waals surface area contributed by atoms with E-state index in [-0.39, 0.29) is 12.5 Å². The first kappa shape index (κ1) is 15.1. The molecule has 5 nitrogen and oxygen atoms in total. The van der Waals surface area contributed by atoms with Crippen molar-refractivity contribution < 1.29 is 9.90 Å². The highest BCUT2D eigenvalue weighted by Crippen LogP contribution is 2.16. The Morgan fingerprint density at radius 2 is 2.35 bits per heavy atom. The number of unbranched alkanes of at least 4 members (excludes halogenated alkanes) is 1. The number of likely N-dealkylation sites (tertiary alicyclic amines) is 1. The summed E-state index contributed by atoms with van der Waals surface area (Å²) < 4.78 is 1.82. The van der Waals surface area contributed by atoms with Gasteiger partial charge in [0.25, 0.3) is 5.91 Å². The first-order valence-electron chi connectivity index (χ1n) is 7.47. The highest BCUT2D eigenvalue weighted by molar-refractivity contribution is 5.92. The zero-order valence-electron chi connectivity index (χ0n) is 12.2. The van der Waals surface area contributed by atoms with Crippen LogP contribution in [0.4, 0.5) is 0 Å². The Morgan fingerprint density at radius 3 is 3.05 bits per heavy atom. The number of nitrogens with one attached hydrogen (secondary N) is 1. The molecular formula is C15H25N3O2. The van der Waals surface area contributed by atoms with E-state index in [1.807, 2.05) is 29.9 Å². The summed E-state index contributed by atoms with van der Waals surface area (Å²) in [6.07, 6.45) is 6.21. The van der Waals surface area contributed by atoms with Gasteiger partial charge in [-0.25, -0.2) is 0 Å². The van der Waals surface area contributed by atoms with Crippen molar-refractivity contribution in [3.63, 3.8) is 0 Å². The van der Waals surface area contributed by atoms with Gasteiger partial charge in [0.05, 0.1) is 6.61 Å². The lowest BCUT2D eigenvalue weighted by Crippen LogP contribution is -2.33. The van der Waals surface area contributed by atoms with Crippen molar-refractivity contribution >= 4 is 5.91 Å². The molecule has 1 saturated heterocycles. The summed E-state index contributed by atoms with van der Waals surface area (Å²) in [7, 11) is 1.87. The van der Waals surface area contributed by atoms with Gasteiger partial charge in [-0.3, -0.25) is 9.69 Å². The van der Waals surface area contributed by atoms with E-state index in [2.05, 4.69) is 10.2 Å². The topological polar surface area (TPSA) is 57.5 Å². The van der Waals surface area contributed by atoms with Gasteiger partial charge in [-0.1, -0.05) is 0 Å². The van der Waals surface area contributed by atoms with Gasteiger partial charge in [0.2, 0.25) is 0 Å². The Bertz CT molecular complexity index is 431. The van der Waals surface area contributed by atoms with Gasteiger partial charge in [0, 0.05) is 25.8 Å². The second-order valence-electron chi connectivity index (χ2n) is 5.48. The minimum absolute atomic E-state index is 0.00749. The molecule has 0 spiro atoms. The molecule has 1 aromatic rings. The molecule has 0 radical (unpaired) electrons. The van der Waals surface area contributed by atoms with Crippen molar-refractivity contribution in [2.24, 2.45) is 7.05 Å². The van der Waals surface area contributed by atoms with Crippen molar-refractivity contribution in [3.05, 3.63) is 24.0 Å². The summed E-state index contributed by atoms with van der Waals surface area (Å²) >= 11 is 0. The first-order chi connectivity index (χ1) is 9.72.